The zero-order valence-electron chi connectivity index (χ0n) is 9.65. The van der Waals surface area contributed by atoms with Crippen molar-refractivity contribution in [3.8, 4) is 0 Å². The van der Waals surface area contributed by atoms with E-state index in [2.05, 4.69) is 14.7 Å². The van der Waals surface area contributed by atoms with Crippen LogP contribution in [0.1, 0.15) is 16.2 Å². The van der Waals surface area contributed by atoms with E-state index < -0.39 is 16.6 Å². The first-order chi connectivity index (χ1) is 8.97. The lowest BCUT2D eigenvalue weighted by Gasteiger charge is -2.04. The summed E-state index contributed by atoms with van der Waals surface area (Å²) in [5.74, 6) is -0.767. The first kappa shape index (κ1) is 12.9. The smallest absolute Gasteiger partial charge is 0.342 e. The van der Waals surface area contributed by atoms with E-state index in [0.717, 1.165) is 17.6 Å². The number of hydrogen-bond acceptors (Lipinski definition) is 7. The van der Waals surface area contributed by atoms with Crippen LogP contribution in [-0.4, -0.2) is 25.4 Å². The Morgan fingerprint density at radius 3 is 2.79 bits per heavy atom. The van der Waals surface area contributed by atoms with Gasteiger partial charge in [0.1, 0.15) is 11.4 Å². The van der Waals surface area contributed by atoms with E-state index in [0.29, 0.717) is 16.6 Å². The topological polar surface area (TPSA) is 118 Å². The summed E-state index contributed by atoms with van der Waals surface area (Å²) in [6.45, 7) is 1.72. The molecule has 0 amide bonds. The van der Waals surface area contributed by atoms with Crippen molar-refractivity contribution in [2.75, 3.05) is 5.32 Å². The van der Waals surface area contributed by atoms with Gasteiger partial charge in [0.25, 0.3) is 5.69 Å². The Bertz CT molecular complexity index is 655. The van der Waals surface area contributed by atoms with Crippen molar-refractivity contribution in [1.29, 1.82) is 0 Å². The molecule has 9 heteroatoms. The normalized spacial score (nSPS) is 10.2. The Morgan fingerprint density at radius 1 is 1.53 bits per heavy atom. The molecule has 8 nitrogen and oxygen atoms in total. The van der Waals surface area contributed by atoms with Gasteiger partial charge >= 0.3 is 5.97 Å². The third-order valence-electron chi connectivity index (χ3n) is 2.20. The largest absolute Gasteiger partial charge is 0.477 e. The predicted octanol–water partition coefficient (Wildman–Crippen LogP) is 2.20. The van der Waals surface area contributed by atoms with Crippen LogP contribution in [0.4, 0.5) is 16.5 Å². The van der Waals surface area contributed by atoms with Crippen LogP contribution in [0, 0.1) is 17.0 Å². The van der Waals surface area contributed by atoms with Crippen molar-refractivity contribution in [1.82, 2.24) is 9.36 Å². The molecule has 0 saturated carbocycles. The van der Waals surface area contributed by atoms with Crippen LogP contribution in [0.2, 0.25) is 0 Å². The molecular weight excluding hydrogens is 272 g/mol. The molecule has 0 unspecified atom stereocenters. The molecule has 2 rings (SSSR count). The zero-order chi connectivity index (χ0) is 14.0. The molecule has 0 saturated heterocycles. The number of nitrogens with one attached hydrogen (secondary N) is 1. The average Bonchev–Trinajstić information content (AvgIpc) is 2.74. The number of rotatable bonds is 4. The fourth-order valence-electron chi connectivity index (χ4n) is 1.42. The van der Waals surface area contributed by atoms with Crippen LogP contribution in [0.3, 0.4) is 0 Å². The van der Waals surface area contributed by atoms with Crippen molar-refractivity contribution < 1.29 is 14.8 Å². The molecule has 0 aliphatic rings. The second-order valence-corrected chi connectivity index (χ2v) is 4.32. The average molecular weight is 280 g/mol. The second kappa shape index (κ2) is 4.98. The third kappa shape index (κ3) is 2.83. The van der Waals surface area contributed by atoms with Gasteiger partial charge in [-0.15, -0.1) is 0 Å². The summed E-state index contributed by atoms with van der Waals surface area (Å²) in [5.41, 5.74) is -0.429. The summed E-state index contributed by atoms with van der Waals surface area (Å²) in [7, 11) is 0. The van der Waals surface area contributed by atoms with Gasteiger partial charge < -0.3 is 10.4 Å². The van der Waals surface area contributed by atoms with E-state index in [-0.39, 0.29) is 5.56 Å². The van der Waals surface area contributed by atoms with E-state index in [1.54, 1.807) is 6.92 Å². The number of nitro groups is 1. The maximum atomic E-state index is 11.0. The van der Waals surface area contributed by atoms with Crippen LogP contribution in [0.25, 0.3) is 0 Å². The number of aromatic carboxylic acids is 1. The summed E-state index contributed by atoms with van der Waals surface area (Å²) in [4.78, 5) is 25.0. The number of aromatic nitrogens is 2. The van der Waals surface area contributed by atoms with Crippen molar-refractivity contribution >= 4 is 34.0 Å². The molecule has 0 bridgehead atoms. The van der Waals surface area contributed by atoms with Gasteiger partial charge in [0.2, 0.25) is 5.13 Å². The summed E-state index contributed by atoms with van der Waals surface area (Å²) >= 11 is 1.12. The molecule has 2 N–H and O–H groups in total. The lowest BCUT2D eigenvalue weighted by molar-refractivity contribution is -0.385. The molecule has 1 heterocycles. The fourth-order valence-corrected chi connectivity index (χ4v) is 2.01. The van der Waals surface area contributed by atoms with Crippen molar-refractivity contribution in [2.24, 2.45) is 0 Å². The van der Waals surface area contributed by atoms with Crippen molar-refractivity contribution in [3.63, 3.8) is 0 Å². The molecule has 0 fully saturated rings. The Morgan fingerprint density at radius 2 is 2.26 bits per heavy atom. The van der Waals surface area contributed by atoms with Gasteiger partial charge in [-0.1, -0.05) is 0 Å². The molecule has 1 aromatic heterocycles. The van der Waals surface area contributed by atoms with Gasteiger partial charge in [0.05, 0.1) is 4.92 Å². The van der Waals surface area contributed by atoms with Gasteiger partial charge in [-0.25, -0.2) is 9.78 Å². The third-order valence-corrected chi connectivity index (χ3v) is 2.92. The molecule has 0 aliphatic heterocycles. The highest BCUT2D eigenvalue weighted by Gasteiger charge is 2.20. The van der Waals surface area contributed by atoms with Crippen LogP contribution < -0.4 is 5.32 Å². The van der Waals surface area contributed by atoms with Gasteiger partial charge in [-0.3, -0.25) is 10.1 Å². The number of hydrogen-bond donors (Lipinski definition) is 2. The highest BCUT2D eigenvalue weighted by atomic mass is 32.1. The summed E-state index contributed by atoms with van der Waals surface area (Å²) in [5, 5.41) is 23.0. The first-order valence-corrected chi connectivity index (χ1v) is 5.84. The molecule has 19 heavy (non-hydrogen) atoms. The summed E-state index contributed by atoms with van der Waals surface area (Å²) < 4.78 is 3.96. The molecule has 98 valence electrons. The number of nitrogens with zero attached hydrogens (tertiary/aromatic N) is 3. The van der Waals surface area contributed by atoms with Crippen molar-refractivity contribution in [2.45, 2.75) is 6.92 Å². The van der Waals surface area contributed by atoms with Gasteiger partial charge in [-0.05, 0) is 19.1 Å². The van der Waals surface area contributed by atoms with Gasteiger partial charge in [0.15, 0.2) is 0 Å². The van der Waals surface area contributed by atoms with Crippen molar-refractivity contribution in [3.05, 3.63) is 39.7 Å². The Hall–Kier alpha value is -2.55. The Labute approximate surface area is 111 Å². The summed E-state index contributed by atoms with van der Waals surface area (Å²) in [6.07, 6.45) is 0. The highest BCUT2D eigenvalue weighted by molar-refractivity contribution is 7.09. The lowest BCUT2D eigenvalue weighted by Crippen LogP contribution is -2.03. The number of carbonyl (C=O) groups is 1. The quantitative estimate of drug-likeness (QED) is 0.650. The molecule has 0 atom stereocenters. The maximum Gasteiger partial charge on any atom is 0.342 e. The standard InChI is InChI=1S/C10H8N4O4S/c1-5-11-10(19-13-5)12-6-2-3-8(14(17)18)7(4-6)9(15)16/h2-4H,1H3,(H,15,16)(H,11,12,13). The van der Waals surface area contributed by atoms with E-state index in [1.165, 1.54) is 12.1 Å². The van der Waals surface area contributed by atoms with E-state index in [4.69, 9.17) is 5.11 Å². The maximum absolute atomic E-state index is 11.0. The monoisotopic (exact) mass is 280 g/mol. The molecule has 0 spiro atoms. The number of carboxylic acid groups (broad SMARTS) is 1. The molecule has 2 aromatic rings. The first-order valence-electron chi connectivity index (χ1n) is 5.06. The molecule has 0 aliphatic carbocycles. The fraction of sp³-hybridized carbons (Fsp3) is 0.100. The predicted molar refractivity (Wildman–Crippen MR) is 68.0 cm³/mol. The van der Waals surface area contributed by atoms with Crippen LogP contribution in [0.5, 0.6) is 0 Å². The number of anilines is 2. The van der Waals surface area contributed by atoms with Crippen LogP contribution >= 0.6 is 11.5 Å². The van der Waals surface area contributed by atoms with Gasteiger partial charge in [0, 0.05) is 23.3 Å². The second-order valence-electron chi connectivity index (χ2n) is 3.57. The molecular formula is C10H8N4O4S. The van der Waals surface area contributed by atoms with E-state index >= 15 is 0 Å². The summed E-state index contributed by atoms with van der Waals surface area (Å²) in [6, 6.07) is 3.75. The zero-order valence-corrected chi connectivity index (χ0v) is 10.5. The number of nitro benzene ring substituents is 1. The lowest BCUT2D eigenvalue weighted by atomic mass is 10.1. The van der Waals surface area contributed by atoms with Crippen LogP contribution in [-0.2, 0) is 0 Å². The minimum atomic E-state index is -1.36. The Kier molecular flexibility index (Phi) is 3.38. The number of carboxylic acids is 1. The van der Waals surface area contributed by atoms with Crippen LogP contribution in [0.15, 0.2) is 18.2 Å². The van der Waals surface area contributed by atoms with E-state index in [9.17, 15) is 14.9 Å². The van der Waals surface area contributed by atoms with Gasteiger partial charge in [-0.2, -0.15) is 4.37 Å². The molecule has 0 radical (unpaired) electrons. The minimum Gasteiger partial charge on any atom is -0.477 e. The molecule has 1 aromatic carbocycles. The SMILES string of the molecule is Cc1nsc(Nc2ccc([N+](=O)[O-])c(C(=O)O)c2)n1. The number of aryl methyl sites for hydroxylation is 1. The number of benzene rings is 1. The Balaban J connectivity index is 2.35. The highest BCUT2D eigenvalue weighted by Crippen LogP contribution is 2.25. The minimum absolute atomic E-state index is 0.378. The van der Waals surface area contributed by atoms with E-state index in [1.807, 2.05) is 0 Å².